The molecule has 2 aromatic rings. The van der Waals surface area contributed by atoms with Gasteiger partial charge in [-0.25, -0.2) is 9.59 Å². The molecule has 4 rings (SSSR count). The summed E-state index contributed by atoms with van der Waals surface area (Å²) in [7, 11) is 0. The van der Waals surface area contributed by atoms with Crippen molar-refractivity contribution in [3.8, 4) is 11.1 Å². The first kappa shape index (κ1) is 24.7. The average molecular weight is 481 g/mol. The van der Waals surface area contributed by atoms with E-state index in [0.717, 1.165) is 24.0 Å². The van der Waals surface area contributed by atoms with Crippen LogP contribution in [0.1, 0.15) is 49.7 Å². The number of nitrogens with one attached hydrogen (secondary N) is 2. The molecule has 2 aliphatic carbocycles. The number of carbonyl (C=O) groups excluding carboxylic acids is 2. The van der Waals surface area contributed by atoms with Gasteiger partial charge in [0, 0.05) is 18.4 Å². The van der Waals surface area contributed by atoms with Gasteiger partial charge in [-0.15, -0.1) is 0 Å². The minimum Gasteiger partial charge on any atom is -0.480 e. The van der Waals surface area contributed by atoms with Crippen LogP contribution in [0.15, 0.2) is 48.5 Å². The topological polar surface area (TPSA) is 125 Å². The zero-order chi connectivity index (χ0) is 24.9. The van der Waals surface area contributed by atoms with Gasteiger partial charge in [-0.2, -0.15) is 0 Å². The van der Waals surface area contributed by atoms with E-state index in [4.69, 9.17) is 4.74 Å². The molecule has 0 bridgehead atoms. The maximum Gasteiger partial charge on any atom is 0.407 e. The fraction of sp³-hybridized carbons (Fsp3) is 0.444. The van der Waals surface area contributed by atoms with E-state index in [0.29, 0.717) is 19.4 Å². The first-order valence-corrected chi connectivity index (χ1v) is 12.1. The van der Waals surface area contributed by atoms with Crippen LogP contribution in [0.25, 0.3) is 11.1 Å². The van der Waals surface area contributed by atoms with Crippen molar-refractivity contribution in [2.24, 2.45) is 11.8 Å². The summed E-state index contributed by atoms with van der Waals surface area (Å²) in [6, 6.07) is 15.0. The summed E-state index contributed by atoms with van der Waals surface area (Å²) in [6.07, 6.45) is 1.19. The number of aliphatic carboxylic acids is 1. The number of hydrogen-bond acceptors (Lipinski definition) is 5. The minimum absolute atomic E-state index is 0.00740. The Kier molecular flexibility index (Phi) is 7.70. The number of benzene rings is 2. The molecule has 8 nitrogen and oxygen atoms in total. The molecule has 1 saturated carbocycles. The van der Waals surface area contributed by atoms with Crippen LogP contribution in [-0.4, -0.2) is 53.5 Å². The molecule has 1 fully saturated rings. The molecule has 2 aromatic carbocycles. The van der Waals surface area contributed by atoms with E-state index in [2.05, 4.69) is 34.9 Å². The van der Waals surface area contributed by atoms with Crippen LogP contribution in [0.5, 0.6) is 0 Å². The minimum atomic E-state index is -1.33. The van der Waals surface area contributed by atoms with Crippen LogP contribution in [-0.2, 0) is 14.3 Å². The van der Waals surface area contributed by atoms with Crippen molar-refractivity contribution in [1.29, 1.82) is 0 Å². The van der Waals surface area contributed by atoms with Crippen LogP contribution in [0, 0.1) is 11.8 Å². The number of hydrogen-bond donors (Lipinski definition) is 4. The fourth-order valence-electron chi connectivity index (χ4n) is 5.25. The summed E-state index contributed by atoms with van der Waals surface area (Å²) in [5, 5.41) is 24.1. The number of ether oxygens (including phenoxy) is 1. The van der Waals surface area contributed by atoms with Crippen LogP contribution >= 0.6 is 0 Å². The summed E-state index contributed by atoms with van der Waals surface area (Å²) in [6.45, 7) is 1.96. The predicted octanol–water partition coefficient (Wildman–Crippen LogP) is 3.28. The molecule has 0 aliphatic heterocycles. The smallest absolute Gasteiger partial charge is 0.407 e. The van der Waals surface area contributed by atoms with Crippen molar-refractivity contribution in [1.82, 2.24) is 10.6 Å². The van der Waals surface area contributed by atoms with E-state index in [1.807, 2.05) is 24.3 Å². The lowest BCUT2D eigenvalue weighted by Crippen LogP contribution is -2.50. The number of rotatable bonds is 8. The summed E-state index contributed by atoms with van der Waals surface area (Å²) < 4.78 is 5.59. The summed E-state index contributed by atoms with van der Waals surface area (Å²) >= 11 is 0. The van der Waals surface area contributed by atoms with Crippen LogP contribution in [0.3, 0.4) is 0 Å². The Hall–Kier alpha value is -3.39. The Labute approximate surface area is 204 Å². The highest BCUT2D eigenvalue weighted by Gasteiger charge is 2.32. The highest BCUT2D eigenvalue weighted by molar-refractivity contribution is 5.85. The number of carboxylic acid groups (broad SMARTS) is 1. The molecular formula is C27H32N2O6. The fourth-order valence-corrected chi connectivity index (χ4v) is 5.25. The molecule has 0 radical (unpaired) electrons. The molecule has 0 spiro atoms. The molecule has 0 heterocycles. The number of aliphatic hydroxyl groups is 1. The van der Waals surface area contributed by atoms with E-state index >= 15 is 0 Å². The maximum atomic E-state index is 12.6. The molecule has 0 aromatic heterocycles. The third kappa shape index (κ3) is 5.65. The van der Waals surface area contributed by atoms with Gasteiger partial charge in [-0.3, -0.25) is 4.79 Å². The van der Waals surface area contributed by atoms with Crippen molar-refractivity contribution in [2.75, 3.05) is 13.2 Å². The van der Waals surface area contributed by atoms with Gasteiger partial charge in [0.1, 0.15) is 6.61 Å². The predicted molar refractivity (Wildman–Crippen MR) is 130 cm³/mol. The molecule has 4 N–H and O–H groups in total. The van der Waals surface area contributed by atoms with Crippen molar-refractivity contribution in [3.05, 3.63) is 59.7 Å². The molecule has 2 amide bonds. The second-order valence-corrected chi connectivity index (χ2v) is 9.50. The van der Waals surface area contributed by atoms with Gasteiger partial charge in [-0.1, -0.05) is 55.0 Å². The first-order chi connectivity index (χ1) is 16.8. The second-order valence-electron chi connectivity index (χ2n) is 9.50. The van der Waals surface area contributed by atoms with E-state index in [-0.39, 0.29) is 30.3 Å². The zero-order valence-electron chi connectivity index (χ0n) is 19.8. The molecule has 8 heteroatoms. The maximum absolute atomic E-state index is 12.6. The summed E-state index contributed by atoms with van der Waals surface area (Å²) in [4.78, 5) is 36.3. The van der Waals surface area contributed by atoms with E-state index in [1.165, 1.54) is 18.1 Å². The Morgan fingerprint density at radius 2 is 1.66 bits per heavy atom. The Balaban J connectivity index is 1.27. The molecular weight excluding hydrogens is 448 g/mol. The van der Waals surface area contributed by atoms with Gasteiger partial charge in [0.05, 0.1) is 6.10 Å². The second kappa shape index (κ2) is 10.9. The Bertz CT molecular complexity index is 1040. The van der Waals surface area contributed by atoms with Crippen molar-refractivity contribution >= 4 is 18.0 Å². The number of aliphatic hydroxyl groups excluding tert-OH is 1. The van der Waals surface area contributed by atoms with Crippen LogP contribution < -0.4 is 10.6 Å². The lowest BCUT2D eigenvalue weighted by Gasteiger charge is -2.29. The quantitative estimate of drug-likeness (QED) is 0.460. The lowest BCUT2D eigenvalue weighted by molar-refractivity contribution is -0.145. The van der Waals surface area contributed by atoms with Gasteiger partial charge in [-0.05, 0) is 54.4 Å². The Morgan fingerprint density at radius 1 is 1.03 bits per heavy atom. The van der Waals surface area contributed by atoms with Gasteiger partial charge in [0.25, 0.3) is 0 Å². The van der Waals surface area contributed by atoms with Crippen LogP contribution in [0.2, 0.25) is 0 Å². The van der Waals surface area contributed by atoms with E-state index in [1.54, 1.807) is 0 Å². The lowest BCUT2D eigenvalue weighted by atomic mass is 9.80. The molecule has 2 aliphatic rings. The molecule has 0 saturated heterocycles. The van der Waals surface area contributed by atoms with Gasteiger partial charge < -0.3 is 25.6 Å². The molecule has 35 heavy (non-hydrogen) atoms. The van der Waals surface area contributed by atoms with E-state index in [9.17, 15) is 24.6 Å². The Morgan fingerprint density at radius 3 is 2.26 bits per heavy atom. The first-order valence-electron chi connectivity index (χ1n) is 12.1. The zero-order valence-corrected chi connectivity index (χ0v) is 19.8. The largest absolute Gasteiger partial charge is 0.480 e. The van der Waals surface area contributed by atoms with Gasteiger partial charge in [0.2, 0.25) is 5.91 Å². The van der Waals surface area contributed by atoms with Crippen molar-refractivity contribution in [2.45, 2.75) is 50.7 Å². The van der Waals surface area contributed by atoms with Crippen LogP contribution in [0.4, 0.5) is 4.79 Å². The van der Waals surface area contributed by atoms with Crippen molar-refractivity contribution < 1.29 is 29.3 Å². The highest BCUT2D eigenvalue weighted by Crippen LogP contribution is 2.44. The monoisotopic (exact) mass is 480 g/mol. The molecule has 2 unspecified atom stereocenters. The average Bonchev–Trinajstić information content (AvgIpc) is 3.18. The van der Waals surface area contributed by atoms with Gasteiger partial charge in [0.15, 0.2) is 6.04 Å². The molecule has 186 valence electrons. The number of amides is 2. The molecule has 4 atom stereocenters. The SMILES string of the molecule is C[C@@H](O)[C@H](NC(=O)C1CCCC(CNC(=O)OCC2c3ccccc3-c3ccccc32)C1)C(=O)O. The number of carboxylic acids is 1. The summed E-state index contributed by atoms with van der Waals surface area (Å²) in [5.74, 6) is -1.90. The van der Waals surface area contributed by atoms with E-state index < -0.39 is 24.2 Å². The third-order valence-corrected chi connectivity index (χ3v) is 7.08. The normalized spacial score (nSPS) is 20.7. The third-order valence-electron chi connectivity index (χ3n) is 7.08. The summed E-state index contributed by atoms with van der Waals surface area (Å²) in [5.41, 5.74) is 4.65. The van der Waals surface area contributed by atoms with Crippen molar-refractivity contribution in [3.63, 3.8) is 0 Å². The standard InChI is InChI=1S/C27H32N2O6/c1-16(30)24(26(32)33)29-25(31)18-8-6-7-17(13-18)14-28-27(34)35-15-23-21-11-4-2-9-19(21)20-10-3-5-12-22(20)23/h2-5,9-12,16-18,23-24,30H,6-8,13-15H2,1H3,(H,28,34)(H,29,31)(H,32,33)/t16-,17?,18?,24+/m1/s1. The van der Waals surface area contributed by atoms with Gasteiger partial charge >= 0.3 is 12.1 Å². The number of carbonyl (C=O) groups is 3. The number of fused-ring (bicyclic) bond motifs is 3. The number of alkyl carbamates (subject to hydrolysis) is 1. The highest BCUT2D eigenvalue weighted by atomic mass is 16.5.